The van der Waals surface area contributed by atoms with E-state index in [1.807, 2.05) is 20.2 Å². The standard InChI is InChI=1S/C18H23ClN2/c1-13(2)20-12-14-5-10-17(18(19)11-14)15-6-8-16(9-7-15)21(3)4/h5-11,13,20H,12H2,1-4H3. The molecule has 0 aliphatic carbocycles. The molecule has 0 amide bonds. The van der Waals surface area contributed by atoms with Crippen LogP contribution in [0.5, 0.6) is 0 Å². The molecule has 0 atom stereocenters. The Kier molecular flexibility index (Phi) is 5.27. The molecule has 112 valence electrons. The fourth-order valence-electron chi connectivity index (χ4n) is 2.16. The topological polar surface area (TPSA) is 15.3 Å². The minimum Gasteiger partial charge on any atom is -0.378 e. The van der Waals surface area contributed by atoms with Gasteiger partial charge in [0.15, 0.2) is 0 Å². The second-order valence-electron chi connectivity index (χ2n) is 5.79. The summed E-state index contributed by atoms with van der Waals surface area (Å²) in [4.78, 5) is 2.09. The third-order valence-corrected chi connectivity index (χ3v) is 3.76. The highest BCUT2D eigenvalue weighted by Crippen LogP contribution is 2.30. The maximum absolute atomic E-state index is 6.44. The monoisotopic (exact) mass is 302 g/mol. The second kappa shape index (κ2) is 6.97. The molecule has 2 nitrogen and oxygen atoms in total. The van der Waals surface area contributed by atoms with E-state index in [1.54, 1.807) is 0 Å². The molecule has 0 bridgehead atoms. The summed E-state index contributed by atoms with van der Waals surface area (Å²) < 4.78 is 0. The summed E-state index contributed by atoms with van der Waals surface area (Å²) in [5.41, 5.74) is 4.62. The first-order valence-electron chi connectivity index (χ1n) is 7.27. The van der Waals surface area contributed by atoms with Crippen molar-refractivity contribution < 1.29 is 0 Å². The van der Waals surface area contributed by atoms with Crippen molar-refractivity contribution in [2.45, 2.75) is 26.4 Å². The molecule has 0 saturated heterocycles. The molecule has 0 heterocycles. The molecule has 0 saturated carbocycles. The molecule has 0 aromatic heterocycles. The van der Waals surface area contributed by atoms with E-state index in [1.165, 1.54) is 11.3 Å². The van der Waals surface area contributed by atoms with Gasteiger partial charge in [0.25, 0.3) is 0 Å². The van der Waals surface area contributed by atoms with Crippen molar-refractivity contribution in [3.05, 3.63) is 53.1 Å². The molecule has 2 aromatic rings. The summed E-state index contributed by atoms with van der Waals surface area (Å²) in [7, 11) is 4.08. The lowest BCUT2D eigenvalue weighted by Gasteiger charge is -2.14. The van der Waals surface area contributed by atoms with E-state index in [4.69, 9.17) is 11.6 Å². The lowest BCUT2D eigenvalue weighted by molar-refractivity contribution is 0.589. The van der Waals surface area contributed by atoms with Crippen molar-refractivity contribution in [2.24, 2.45) is 0 Å². The first-order chi connectivity index (χ1) is 9.97. The number of nitrogens with one attached hydrogen (secondary N) is 1. The normalized spacial score (nSPS) is 11.0. The number of halogens is 1. The van der Waals surface area contributed by atoms with Gasteiger partial charge in [0.2, 0.25) is 0 Å². The van der Waals surface area contributed by atoms with E-state index < -0.39 is 0 Å². The van der Waals surface area contributed by atoms with Gasteiger partial charge >= 0.3 is 0 Å². The van der Waals surface area contributed by atoms with Crippen LogP contribution in [0.15, 0.2) is 42.5 Å². The molecule has 0 radical (unpaired) electrons. The molecule has 0 aliphatic heterocycles. The van der Waals surface area contributed by atoms with Crippen LogP contribution in [-0.2, 0) is 6.54 Å². The first-order valence-corrected chi connectivity index (χ1v) is 7.64. The quantitative estimate of drug-likeness (QED) is 0.870. The average molecular weight is 303 g/mol. The van der Waals surface area contributed by atoms with Gasteiger partial charge in [-0.1, -0.05) is 49.7 Å². The van der Waals surface area contributed by atoms with Gasteiger partial charge in [-0.25, -0.2) is 0 Å². The number of nitrogens with zero attached hydrogens (tertiary/aromatic N) is 1. The van der Waals surface area contributed by atoms with Gasteiger partial charge in [-0.15, -0.1) is 0 Å². The van der Waals surface area contributed by atoms with Crippen LogP contribution in [0.25, 0.3) is 11.1 Å². The summed E-state index contributed by atoms with van der Waals surface area (Å²) in [6.07, 6.45) is 0. The highest BCUT2D eigenvalue weighted by atomic mass is 35.5. The largest absolute Gasteiger partial charge is 0.378 e. The Labute approximate surface area is 132 Å². The Morgan fingerprint density at radius 1 is 1.05 bits per heavy atom. The number of benzene rings is 2. The molecule has 3 heteroatoms. The zero-order valence-electron chi connectivity index (χ0n) is 13.2. The van der Waals surface area contributed by atoms with E-state index in [2.05, 4.69) is 60.5 Å². The van der Waals surface area contributed by atoms with Gasteiger partial charge < -0.3 is 10.2 Å². The summed E-state index contributed by atoms with van der Waals surface area (Å²) >= 11 is 6.44. The lowest BCUT2D eigenvalue weighted by Crippen LogP contribution is -2.21. The van der Waals surface area contributed by atoms with Crippen LogP contribution in [-0.4, -0.2) is 20.1 Å². The Hall–Kier alpha value is -1.51. The molecule has 0 unspecified atom stereocenters. The number of hydrogen-bond donors (Lipinski definition) is 1. The van der Waals surface area contributed by atoms with E-state index in [0.29, 0.717) is 6.04 Å². The van der Waals surface area contributed by atoms with E-state index in [0.717, 1.165) is 22.7 Å². The molecule has 0 aliphatic rings. The predicted molar refractivity (Wildman–Crippen MR) is 93.2 cm³/mol. The number of anilines is 1. The zero-order valence-corrected chi connectivity index (χ0v) is 13.9. The van der Waals surface area contributed by atoms with Gasteiger partial charge in [-0.05, 0) is 29.3 Å². The summed E-state index contributed by atoms with van der Waals surface area (Å²) in [5, 5.41) is 4.21. The Balaban J connectivity index is 2.20. The summed E-state index contributed by atoms with van der Waals surface area (Å²) in [6.45, 7) is 5.13. The maximum Gasteiger partial charge on any atom is 0.0487 e. The van der Waals surface area contributed by atoms with Crippen molar-refractivity contribution in [2.75, 3.05) is 19.0 Å². The van der Waals surface area contributed by atoms with E-state index in [9.17, 15) is 0 Å². The molecular formula is C18H23ClN2. The van der Waals surface area contributed by atoms with Crippen LogP contribution in [0.3, 0.4) is 0 Å². The minimum atomic E-state index is 0.474. The SMILES string of the molecule is CC(C)NCc1ccc(-c2ccc(N(C)C)cc2)c(Cl)c1. The molecule has 0 fully saturated rings. The van der Waals surface area contributed by atoms with Crippen molar-refractivity contribution in [1.82, 2.24) is 5.32 Å². The lowest BCUT2D eigenvalue weighted by atomic mass is 10.0. The predicted octanol–water partition coefficient (Wildman–Crippen LogP) is 4.57. The van der Waals surface area contributed by atoms with E-state index in [-0.39, 0.29) is 0 Å². The van der Waals surface area contributed by atoms with Crippen LogP contribution in [0, 0.1) is 0 Å². The number of rotatable bonds is 5. The van der Waals surface area contributed by atoms with Gasteiger partial charge in [-0.3, -0.25) is 0 Å². The van der Waals surface area contributed by atoms with Crippen LogP contribution in [0.1, 0.15) is 19.4 Å². The summed E-state index contributed by atoms with van der Waals surface area (Å²) in [5.74, 6) is 0. The number of hydrogen-bond acceptors (Lipinski definition) is 2. The van der Waals surface area contributed by atoms with Gasteiger partial charge in [0.05, 0.1) is 0 Å². The first kappa shape index (κ1) is 15.9. The maximum atomic E-state index is 6.44. The molecule has 0 spiro atoms. The van der Waals surface area contributed by atoms with Crippen LogP contribution >= 0.6 is 11.6 Å². The zero-order chi connectivity index (χ0) is 15.4. The van der Waals surface area contributed by atoms with Gasteiger partial charge in [-0.2, -0.15) is 0 Å². The summed E-state index contributed by atoms with van der Waals surface area (Å²) in [6, 6.07) is 15.2. The molecule has 1 N–H and O–H groups in total. The van der Waals surface area contributed by atoms with Crippen LogP contribution in [0.4, 0.5) is 5.69 Å². The smallest absolute Gasteiger partial charge is 0.0487 e. The highest BCUT2D eigenvalue weighted by Gasteiger charge is 2.06. The highest BCUT2D eigenvalue weighted by molar-refractivity contribution is 6.33. The third kappa shape index (κ3) is 4.23. The molecule has 2 aromatic carbocycles. The average Bonchev–Trinajstić information content (AvgIpc) is 2.45. The fourth-order valence-corrected chi connectivity index (χ4v) is 2.48. The molecule has 2 rings (SSSR count). The van der Waals surface area contributed by atoms with Crippen molar-refractivity contribution >= 4 is 17.3 Å². The fraction of sp³-hybridized carbons (Fsp3) is 0.333. The molecular weight excluding hydrogens is 280 g/mol. The van der Waals surface area contributed by atoms with Crippen LogP contribution < -0.4 is 10.2 Å². The van der Waals surface area contributed by atoms with Gasteiger partial charge in [0.1, 0.15) is 0 Å². The van der Waals surface area contributed by atoms with Gasteiger partial charge in [0, 0.05) is 43.0 Å². The Bertz CT molecular complexity index is 589. The van der Waals surface area contributed by atoms with Crippen molar-refractivity contribution in [3.63, 3.8) is 0 Å². The second-order valence-corrected chi connectivity index (χ2v) is 6.20. The van der Waals surface area contributed by atoms with E-state index >= 15 is 0 Å². The molecule has 21 heavy (non-hydrogen) atoms. The Morgan fingerprint density at radius 2 is 1.71 bits per heavy atom. The Morgan fingerprint density at radius 3 is 2.24 bits per heavy atom. The van der Waals surface area contributed by atoms with Crippen LogP contribution in [0.2, 0.25) is 5.02 Å². The minimum absolute atomic E-state index is 0.474. The third-order valence-electron chi connectivity index (χ3n) is 3.44. The van der Waals surface area contributed by atoms with Crippen molar-refractivity contribution in [3.8, 4) is 11.1 Å². The van der Waals surface area contributed by atoms with Crippen molar-refractivity contribution in [1.29, 1.82) is 0 Å².